The van der Waals surface area contributed by atoms with Gasteiger partial charge in [-0.15, -0.1) is 10.2 Å². The van der Waals surface area contributed by atoms with Gasteiger partial charge in [-0.3, -0.25) is 4.79 Å². The van der Waals surface area contributed by atoms with E-state index in [1.165, 1.54) is 28.1 Å². The van der Waals surface area contributed by atoms with E-state index in [0.717, 1.165) is 25.7 Å². The Kier molecular flexibility index (Phi) is 10.2. The highest BCUT2D eigenvalue weighted by Gasteiger charge is 2.25. The molecule has 1 N–H and O–H groups in total. The summed E-state index contributed by atoms with van der Waals surface area (Å²) in [6, 6.07) is 17.3. The van der Waals surface area contributed by atoms with Crippen LogP contribution in [0.15, 0.2) is 64.6 Å². The lowest BCUT2D eigenvalue weighted by molar-refractivity contribution is -0.119. The van der Waals surface area contributed by atoms with Crippen molar-refractivity contribution in [1.29, 1.82) is 0 Å². The molecule has 0 unspecified atom stereocenters. The second-order valence-corrected chi connectivity index (χ2v) is 12.9. The molecular weight excluding hydrogens is 530 g/mol. The number of sulfonamides is 1. The van der Waals surface area contributed by atoms with Crippen LogP contribution in [0.5, 0.6) is 0 Å². The third-order valence-corrected chi connectivity index (χ3v) is 10.4. The van der Waals surface area contributed by atoms with Gasteiger partial charge < -0.3 is 9.88 Å². The number of thioether (sulfide) groups is 1. The van der Waals surface area contributed by atoms with Gasteiger partial charge in [0.2, 0.25) is 15.9 Å². The number of benzene rings is 2. The second-order valence-electron chi connectivity index (χ2n) is 10.0. The summed E-state index contributed by atoms with van der Waals surface area (Å²) in [6.45, 7) is 7.28. The number of nitrogens with one attached hydrogen (secondary N) is 1. The highest BCUT2D eigenvalue weighted by molar-refractivity contribution is 7.99. The lowest BCUT2D eigenvalue weighted by atomic mass is 9.86. The SMILES string of the molecule is CCN(CC)S(=O)(=O)c1cccc(-c2nnc(SCC(=O)N[C@H]3CCCC[C@@H]3C)n2CCc2ccccc2)c1. The van der Waals surface area contributed by atoms with Crippen LogP contribution in [-0.2, 0) is 27.8 Å². The standard InChI is InChI=1S/C29H39N5O3S2/c1-4-33(5-2)39(36,37)25-16-11-15-24(20-25)28-31-32-29(34(28)19-18-23-13-7-6-8-14-23)38-21-27(35)30-26-17-10-9-12-22(26)3/h6-8,11,13-16,20,22,26H,4-5,9-10,12,17-19,21H2,1-3H3,(H,30,35)/t22-,26-/m0/s1. The predicted molar refractivity (Wildman–Crippen MR) is 156 cm³/mol. The highest BCUT2D eigenvalue weighted by atomic mass is 32.2. The van der Waals surface area contributed by atoms with Crippen LogP contribution in [0.4, 0.5) is 0 Å². The molecule has 0 saturated heterocycles. The summed E-state index contributed by atoms with van der Waals surface area (Å²) >= 11 is 1.37. The molecule has 1 aliphatic carbocycles. The van der Waals surface area contributed by atoms with Crippen LogP contribution in [0.1, 0.15) is 52.0 Å². The number of carbonyl (C=O) groups excluding carboxylic acids is 1. The number of rotatable bonds is 12. The molecule has 0 bridgehead atoms. The van der Waals surface area contributed by atoms with Gasteiger partial charge in [0.25, 0.3) is 0 Å². The first-order valence-electron chi connectivity index (χ1n) is 13.8. The smallest absolute Gasteiger partial charge is 0.243 e. The van der Waals surface area contributed by atoms with Crippen molar-refractivity contribution in [3.8, 4) is 11.4 Å². The molecule has 2 atom stereocenters. The molecule has 1 heterocycles. The van der Waals surface area contributed by atoms with Crippen molar-refractivity contribution in [2.45, 2.75) is 75.5 Å². The van der Waals surface area contributed by atoms with Gasteiger partial charge in [0.15, 0.2) is 11.0 Å². The largest absolute Gasteiger partial charge is 0.352 e. The topological polar surface area (TPSA) is 97.2 Å². The van der Waals surface area contributed by atoms with Gasteiger partial charge in [-0.25, -0.2) is 8.42 Å². The third kappa shape index (κ3) is 7.29. The number of nitrogens with zero attached hydrogens (tertiary/aromatic N) is 4. The van der Waals surface area contributed by atoms with Gasteiger partial charge in [-0.05, 0) is 42.9 Å². The Bertz CT molecular complexity index is 1340. The maximum Gasteiger partial charge on any atom is 0.243 e. The first-order valence-corrected chi connectivity index (χ1v) is 16.3. The van der Waals surface area contributed by atoms with Crippen LogP contribution in [-0.4, -0.2) is 58.3 Å². The first-order chi connectivity index (χ1) is 18.8. The lowest BCUT2D eigenvalue weighted by Crippen LogP contribution is -2.41. The van der Waals surface area contributed by atoms with Gasteiger partial charge in [0.05, 0.1) is 10.6 Å². The fourth-order valence-electron chi connectivity index (χ4n) is 5.11. The van der Waals surface area contributed by atoms with Crippen molar-refractivity contribution in [2.24, 2.45) is 5.92 Å². The van der Waals surface area contributed by atoms with Gasteiger partial charge >= 0.3 is 0 Å². The summed E-state index contributed by atoms with van der Waals surface area (Å²) in [5.41, 5.74) is 1.85. The second kappa shape index (κ2) is 13.6. The van der Waals surface area contributed by atoms with Gasteiger partial charge in [-0.1, -0.05) is 87.8 Å². The van der Waals surface area contributed by atoms with Crippen LogP contribution in [0.3, 0.4) is 0 Å². The number of hydrogen-bond acceptors (Lipinski definition) is 6. The lowest BCUT2D eigenvalue weighted by Gasteiger charge is -2.29. The van der Waals surface area contributed by atoms with E-state index in [0.29, 0.717) is 42.1 Å². The average Bonchev–Trinajstić information content (AvgIpc) is 3.36. The quantitative estimate of drug-likeness (QED) is 0.308. The minimum atomic E-state index is -3.62. The normalized spacial score (nSPS) is 17.8. The van der Waals surface area contributed by atoms with Crippen LogP contribution < -0.4 is 5.32 Å². The van der Waals surface area contributed by atoms with E-state index < -0.39 is 10.0 Å². The van der Waals surface area contributed by atoms with Crippen molar-refractivity contribution < 1.29 is 13.2 Å². The molecule has 0 radical (unpaired) electrons. The summed E-state index contributed by atoms with van der Waals surface area (Å²) < 4.78 is 29.8. The van der Waals surface area contributed by atoms with Crippen molar-refractivity contribution in [2.75, 3.05) is 18.8 Å². The average molecular weight is 570 g/mol. The molecule has 4 rings (SSSR count). The van der Waals surface area contributed by atoms with E-state index in [1.54, 1.807) is 18.2 Å². The molecule has 2 aromatic carbocycles. The van der Waals surface area contributed by atoms with E-state index in [2.05, 4.69) is 34.6 Å². The van der Waals surface area contributed by atoms with E-state index in [-0.39, 0.29) is 22.6 Å². The van der Waals surface area contributed by atoms with Gasteiger partial charge in [0.1, 0.15) is 0 Å². The number of carbonyl (C=O) groups is 1. The Hall–Kier alpha value is -2.69. The molecule has 0 spiro atoms. The molecule has 210 valence electrons. The summed E-state index contributed by atoms with van der Waals surface area (Å²) in [5, 5.41) is 12.8. The predicted octanol–water partition coefficient (Wildman–Crippen LogP) is 5.01. The minimum Gasteiger partial charge on any atom is -0.352 e. The van der Waals surface area contributed by atoms with Crippen LogP contribution in [0.2, 0.25) is 0 Å². The Labute approximate surface area is 236 Å². The van der Waals surface area contributed by atoms with Crippen LogP contribution in [0, 0.1) is 5.92 Å². The maximum absolute atomic E-state index is 13.2. The highest BCUT2D eigenvalue weighted by Crippen LogP contribution is 2.28. The van der Waals surface area contributed by atoms with Crippen molar-refractivity contribution in [1.82, 2.24) is 24.4 Å². The van der Waals surface area contributed by atoms with E-state index in [4.69, 9.17) is 0 Å². The molecular formula is C29H39N5O3S2. The molecule has 3 aromatic rings. The molecule has 1 fully saturated rings. The zero-order valence-corrected chi connectivity index (χ0v) is 24.7. The molecule has 10 heteroatoms. The fourth-order valence-corrected chi connectivity index (χ4v) is 7.39. The Morgan fingerprint density at radius 1 is 1.05 bits per heavy atom. The van der Waals surface area contributed by atoms with E-state index in [9.17, 15) is 13.2 Å². The fraction of sp³-hybridized carbons (Fsp3) is 0.483. The molecule has 1 aromatic heterocycles. The first kappa shape index (κ1) is 29.3. The van der Waals surface area contributed by atoms with Crippen LogP contribution >= 0.6 is 11.8 Å². The molecule has 1 aliphatic rings. The Balaban J connectivity index is 1.58. The maximum atomic E-state index is 13.2. The number of aromatic nitrogens is 3. The van der Waals surface area contributed by atoms with E-state index >= 15 is 0 Å². The molecule has 8 nitrogen and oxygen atoms in total. The summed E-state index contributed by atoms with van der Waals surface area (Å²) in [7, 11) is -3.62. The number of hydrogen-bond donors (Lipinski definition) is 1. The number of amides is 1. The summed E-state index contributed by atoms with van der Waals surface area (Å²) in [4.78, 5) is 13.0. The summed E-state index contributed by atoms with van der Waals surface area (Å²) in [5.74, 6) is 1.34. The Morgan fingerprint density at radius 2 is 1.79 bits per heavy atom. The van der Waals surface area contributed by atoms with Gasteiger partial charge in [0, 0.05) is 31.2 Å². The van der Waals surface area contributed by atoms with Crippen LogP contribution in [0.25, 0.3) is 11.4 Å². The van der Waals surface area contributed by atoms with E-state index in [1.807, 2.05) is 42.7 Å². The zero-order chi connectivity index (χ0) is 27.8. The molecule has 0 aliphatic heterocycles. The molecule has 1 amide bonds. The molecule has 39 heavy (non-hydrogen) atoms. The Morgan fingerprint density at radius 3 is 2.51 bits per heavy atom. The van der Waals surface area contributed by atoms with Crippen molar-refractivity contribution in [3.63, 3.8) is 0 Å². The zero-order valence-electron chi connectivity index (χ0n) is 23.0. The number of aryl methyl sites for hydroxylation is 1. The minimum absolute atomic E-state index is 0.00484. The summed E-state index contributed by atoms with van der Waals surface area (Å²) in [6.07, 6.45) is 5.32. The van der Waals surface area contributed by atoms with Crippen molar-refractivity contribution in [3.05, 3.63) is 60.2 Å². The van der Waals surface area contributed by atoms with Gasteiger partial charge in [-0.2, -0.15) is 4.31 Å². The monoisotopic (exact) mass is 569 g/mol. The molecule has 1 saturated carbocycles. The van der Waals surface area contributed by atoms with Crippen molar-refractivity contribution >= 4 is 27.7 Å². The third-order valence-electron chi connectivity index (χ3n) is 7.41.